The molecule has 0 unspecified atom stereocenters. The molecule has 7 rings (SSSR count). The number of alkyl carbamates (subject to hydrolysis) is 1. The quantitative estimate of drug-likeness (QED) is 0.157. The lowest BCUT2D eigenvalue weighted by Crippen LogP contribution is -2.49. The minimum atomic E-state index is -0.983. The Bertz CT molecular complexity index is 1940. The van der Waals surface area contributed by atoms with Gasteiger partial charge >= 0.3 is 6.09 Å². The van der Waals surface area contributed by atoms with Crippen molar-refractivity contribution in [1.82, 2.24) is 10.6 Å². The zero-order chi connectivity index (χ0) is 36.4. The number of carbonyl (C=O) groups excluding carboxylic acids is 2. The lowest BCUT2D eigenvalue weighted by atomic mass is 9.62. The number of carbonyl (C=O) groups is 2. The first-order valence-corrected chi connectivity index (χ1v) is 17.0. The Balaban J connectivity index is 1.19. The number of fused-ring (bicyclic) bond motifs is 3. The van der Waals surface area contributed by atoms with E-state index in [1.165, 1.54) is 26.4 Å². The molecule has 4 aromatic carbocycles. The molecular formula is C40H40N2O10. The molecule has 2 aliphatic heterocycles. The number of rotatable bonds is 11. The Hall–Kier alpha value is -6.04. The number of benzene rings is 4. The van der Waals surface area contributed by atoms with Gasteiger partial charge in [0.25, 0.3) is 0 Å². The molecule has 0 radical (unpaired) electrons. The number of allylic oxidation sites excluding steroid dienone is 1. The van der Waals surface area contributed by atoms with Crippen molar-refractivity contribution in [1.29, 1.82) is 0 Å². The molecule has 2 heterocycles. The number of phenolic OH excluding ortho intramolecular Hbond substituents is 2. The molecule has 0 aromatic heterocycles. The highest BCUT2D eigenvalue weighted by atomic mass is 16.7. The van der Waals surface area contributed by atoms with Gasteiger partial charge in [0.05, 0.1) is 26.6 Å². The van der Waals surface area contributed by atoms with Crippen LogP contribution in [0.2, 0.25) is 0 Å². The van der Waals surface area contributed by atoms with Crippen molar-refractivity contribution >= 4 is 12.0 Å². The van der Waals surface area contributed by atoms with Crippen LogP contribution in [0.15, 0.2) is 91.2 Å². The zero-order valence-corrected chi connectivity index (χ0v) is 28.8. The third kappa shape index (κ3) is 6.83. The van der Waals surface area contributed by atoms with E-state index in [9.17, 15) is 19.8 Å². The smallest absolute Gasteiger partial charge is 0.408 e. The van der Waals surface area contributed by atoms with Crippen molar-refractivity contribution in [3.8, 4) is 34.5 Å². The van der Waals surface area contributed by atoms with E-state index in [2.05, 4.69) is 17.2 Å². The Kier molecular flexibility index (Phi) is 9.71. The van der Waals surface area contributed by atoms with Gasteiger partial charge in [-0.15, -0.1) is 0 Å². The SMILES string of the molecule is C=C1OC[C@H]2[C@H]1[C@H](c1cc(OC)c(O)c(OC)c1)c1cc3c(cc1[C@H]2CNC(=O)[C@H](Cc1ccc(O)cc1)NC(=O)OCc1ccccc1)OCO3. The van der Waals surface area contributed by atoms with Crippen molar-refractivity contribution in [3.63, 3.8) is 0 Å². The number of methoxy groups -OCH3 is 2. The molecule has 0 bridgehead atoms. The monoisotopic (exact) mass is 708 g/mol. The number of nitrogens with one attached hydrogen (secondary N) is 2. The summed E-state index contributed by atoms with van der Waals surface area (Å²) in [5, 5.41) is 26.4. The second-order valence-corrected chi connectivity index (χ2v) is 13.0. The molecule has 0 saturated carbocycles. The molecule has 270 valence electrons. The summed E-state index contributed by atoms with van der Waals surface area (Å²) in [7, 11) is 2.97. The highest BCUT2D eigenvalue weighted by Crippen LogP contribution is 2.58. The number of hydrogen-bond donors (Lipinski definition) is 4. The van der Waals surface area contributed by atoms with Crippen molar-refractivity contribution in [2.24, 2.45) is 11.8 Å². The maximum absolute atomic E-state index is 14.0. The summed E-state index contributed by atoms with van der Waals surface area (Å²) in [6.07, 6.45) is -0.577. The maximum Gasteiger partial charge on any atom is 0.408 e. The van der Waals surface area contributed by atoms with Gasteiger partial charge in [0.1, 0.15) is 18.4 Å². The third-order valence-electron chi connectivity index (χ3n) is 10.0. The van der Waals surface area contributed by atoms with Crippen molar-refractivity contribution < 1.29 is 48.2 Å². The molecular weight excluding hydrogens is 668 g/mol. The largest absolute Gasteiger partial charge is 0.508 e. The first-order chi connectivity index (χ1) is 25.2. The molecule has 1 saturated heterocycles. The van der Waals surface area contributed by atoms with Crippen LogP contribution in [0.25, 0.3) is 0 Å². The molecule has 2 amide bonds. The van der Waals surface area contributed by atoms with E-state index in [4.69, 9.17) is 28.4 Å². The summed E-state index contributed by atoms with van der Waals surface area (Å²) < 4.78 is 34.2. The Morgan fingerprint density at radius 2 is 1.56 bits per heavy atom. The summed E-state index contributed by atoms with van der Waals surface area (Å²) in [5.41, 5.74) is 4.23. The van der Waals surface area contributed by atoms with E-state index in [1.807, 2.05) is 42.5 Å². The molecule has 4 aromatic rings. The fraction of sp³-hybridized carbons (Fsp3) is 0.300. The van der Waals surface area contributed by atoms with Crippen LogP contribution >= 0.6 is 0 Å². The molecule has 12 heteroatoms. The molecule has 1 aliphatic carbocycles. The minimum absolute atomic E-state index is 0.0437. The Morgan fingerprint density at radius 3 is 2.23 bits per heavy atom. The van der Waals surface area contributed by atoms with Gasteiger partial charge in [0.2, 0.25) is 18.4 Å². The van der Waals surface area contributed by atoms with Crippen LogP contribution in [0.1, 0.15) is 39.7 Å². The maximum atomic E-state index is 14.0. The van der Waals surface area contributed by atoms with Crippen LogP contribution in [-0.4, -0.2) is 62.4 Å². The van der Waals surface area contributed by atoms with Gasteiger partial charge in [-0.3, -0.25) is 4.79 Å². The summed E-state index contributed by atoms with van der Waals surface area (Å²) in [6.45, 7) is 4.99. The lowest BCUT2D eigenvalue weighted by molar-refractivity contribution is -0.123. The van der Waals surface area contributed by atoms with E-state index in [0.717, 1.165) is 27.8 Å². The van der Waals surface area contributed by atoms with E-state index in [1.54, 1.807) is 24.3 Å². The van der Waals surface area contributed by atoms with E-state index < -0.39 is 18.0 Å². The fourth-order valence-electron chi connectivity index (χ4n) is 7.49. The van der Waals surface area contributed by atoms with Crippen LogP contribution in [0, 0.1) is 11.8 Å². The predicted molar refractivity (Wildman–Crippen MR) is 189 cm³/mol. The number of aromatic hydroxyl groups is 2. The lowest BCUT2D eigenvalue weighted by Gasteiger charge is -2.40. The highest BCUT2D eigenvalue weighted by molar-refractivity contribution is 5.86. The van der Waals surface area contributed by atoms with Gasteiger partial charge < -0.3 is 49.3 Å². The average Bonchev–Trinajstić information content (AvgIpc) is 3.78. The van der Waals surface area contributed by atoms with Crippen LogP contribution < -0.4 is 29.6 Å². The molecule has 4 N–H and O–H groups in total. The predicted octanol–water partition coefficient (Wildman–Crippen LogP) is 5.50. The second kappa shape index (κ2) is 14.7. The molecule has 5 atom stereocenters. The van der Waals surface area contributed by atoms with Gasteiger partial charge in [-0.25, -0.2) is 4.79 Å². The molecule has 12 nitrogen and oxygen atoms in total. The van der Waals surface area contributed by atoms with Crippen molar-refractivity contribution in [2.45, 2.75) is 30.9 Å². The van der Waals surface area contributed by atoms with Crippen LogP contribution in [-0.2, 0) is 27.3 Å². The fourth-order valence-corrected chi connectivity index (χ4v) is 7.49. The van der Waals surface area contributed by atoms with E-state index >= 15 is 0 Å². The van der Waals surface area contributed by atoms with E-state index in [0.29, 0.717) is 23.9 Å². The number of phenols is 2. The van der Waals surface area contributed by atoms with Gasteiger partial charge in [0.15, 0.2) is 23.0 Å². The second-order valence-electron chi connectivity index (χ2n) is 13.0. The summed E-state index contributed by atoms with van der Waals surface area (Å²) in [5.74, 6) is 1.05. The van der Waals surface area contributed by atoms with Crippen LogP contribution in [0.3, 0.4) is 0 Å². The molecule has 0 spiro atoms. The van der Waals surface area contributed by atoms with Gasteiger partial charge in [-0.05, 0) is 64.2 Å². The molecule has 1 fully saturated rings. The standard InChI is InChI=1S/C40H40N2O10/c1-22-36-30(20-49-22)29(27-16-32-33(52-21-51-32)17-28(27)37(36)25-14-34(47-2)38(44)35(15-25)48-3)18-41-39(45)31(13-23-9-11-26(43)12-10-23)42-40(46)50-19-24-7-5-4-6-8-24/h4-12,14-17,29-31,36-37,43-44H,1,13,18-21H2,2-3H3,(H,41,45)(H,42,46)/t29-,30-,31+,36+,37-/m1/s1. The third-order valence-corrected chi connectivity index (χ3v) is 10.0. The highest BCUT2D eigenvalue weighted by Gasteiger charge is 2.50. The summed E-state index contributed by atoms with van der Waals surface area (Å²) in [4.78, 5) is 27.0. The average molecular weight is 709 g/mol. The van der Waals surface area contributed by atoms with Crippen molar-refractivity contribution in [3.05, 3.63) is 119 Å². The normalized spacial score (nSPS) is 20.2. The van der Waals surface area contributed by atoms with Crippen molar-refractivity contribution in [2.75, 3.05) is 34.2 Å². The minimum Gasteiger partial charge on any atom is -0.508 e. The van der Waals surface area contributed by atoms with Crippen LogP contribution in [0.4, 0.5) is 4.79 Å². The van der Waals surface area contributed by atoms with Gasteiger partial charge in [-0.2, -0.15) is 0 Å². The first-order valence-electron chi connectivity index (χ1n) is 17.0. The summed E-state index contributed by atoms with van der Waals surface area (Å²) in [6, 6.07) is 22.2. The topological polar surface area (TPSA) is 154 Å². The van der Waals surface area contributed by atoms with Gasteiger partial charge in [-0.1, -0.05) is 49.0 Å². The van der Waals surface area contributed by atoms with Crippen LogP contribution in [0.5, 0.6) is 34.5 Å². The van der Waals surface area contributed by atoms with Gasteiger partial charge in [0, 0.05) is 36.6 Å². The Morgan fingerprint density at radius 1 is 0.885 bits per heavy atom. The Labute approximate surface area is 300 Å². The number of amides is 2. The molecule has 3 aliphatic rings. The van der Waals surface area contributed by atoms with E-state index in [-0.39, 0.29) is 73.0 Å². The summed E-state index contributed by atoms with van der Waals surface area (Å²) >= 11 is 0. The number of ether oxygens (including phenoxy) is 6. The zero-order valence-electron chi connectivity index (χ0n) is 28.8. The molecule has 52 heavy (non-hydrogen) atoms. The number of hydrogen-bond acceptors (Lipinski definition) is 10. The first kappa shape index (κ1) is 34.4.